The van der Waals surface area contributed by atoms with E-state index in [-0.39, 0.29) is 24.0 Å². The Kier molecular flexibility index (Phi) is 5.42. The molecule has 0 radical (unpaired) electrons. The first-order valence-electron chi connectivity index (χ1n) is 7.44. The number of likely N-dealkylation sites (N-methyl/N-ethyl adjacent to an activating group) is 1. The molecular weight excluding hydrogens is 256 g/mol. The predicted octanol–water partition coefficient (Wildman–Crippen LogP) is 2.50. The van der Waals surface area contributed by atoms with Crippen LogP contribution in [0.1, 0.15) is 48.0 Å². The molecular formula is C15H28N2O3. The molecule has 116 valence electrons. The molecule has 1 unspecified atom stereocenters. The van der Waals surface area contributed by atoms with E-state index in [9.17, 15) is 9.59 Å². The van der Waals surface area contributed by atoms with Crippen LogP contribution in [0.4, 0.5) is 4.79 Å². The Balaban J connectivity index is 2.62. The molecule has 0 aromatic heterocycles. The molecule has 0 saturated carbocycles. The summed E-state index contributed by atoms with van der Waals surface area (Å²) in [7, 11) is 0. The van der Waals surface area contributed by atoms with Crippen LogP contribution in [0.2, 0.25) is 0 Å². The number of ether oxygens (including phenoxy) is 1. The predicted molar refractivity (Wildman–Crippen MR) is 78.4 cm³/mol. The van der Waals surface area contributed by atoms with Crippen molar-refractivity contribution < 1.29 is 14.3 Å². The minimum atomic E-state index is -0.479. The summed E-state index contributed by atoms with van der Waals surface area (Å²) in [5, 5.41) is 0. The largest absolute Gasteiger partial charge is 0.444 e. The van der Waals surface area contributed by atoms with E-state index in [1.165, 1.54) is 0 Å². The van der Waals surface area contributed by atoms with Gasteiger partial charge in [0.1, 0.15) is 5.60 Å². The van der Waals surface area contributed by atoms with E-state index in [0.717, 1.165) is 6.42 Å². The minimum Gasteiger partial charge on any atom is -0.444 e. The van der Waals surface area contributed by atoms with Gasteiger partial charge in [0.05, 0.1) is 6.04 Å². The zero-order chi connectivity index (χ0) is 15.5. The molecule has 0 aromatic carbocycles. The van der Waals surface area contributed by atoms with Gasteiger partial charge in [0.25, 0.3) is 0 Å². The van der Waals surface area contributed by atoms with Crippen LogP contribution in [0.25, 0.3) is 0 Å². The lowest BCUT2D eigenvalue weighted by atomic mass is 10.1. The second kappa shape index (κ2) is 6.46. The normalized spacial score (nSPS) is 19.4. The fourth-order valence-corrected chi connectivity index (χ4v) is 2.41. The molecule has 1 fully saturated rings. The molecule has 1 heterocycles. The highest BCUT2D eigenvalue weighted by Gasteiger charge is 2.34. The van der Waals surface area contributed by atoms with E-state index < -0.39 is 5.60 Å². The zero-order valence-electron chi connectivity index (χ0n) is 13.6. The maximum absolute atomic E-state index is 12.2. The number of hydrogen-bond donors (Lipinski definition) is 0. The molecule has 1 saturated heterocycles. The quantitative estimate of drug-likeness (QED) is 0.800. The van der Waals surface area contributed by atoms with Gasteiger partial charge in [-0.25, -0.2) is 4.79 Å². The molecule has 5 heteroatoms. The number of rotatable bonds is 3. The van der Waals surface area contributed by atoms with Gasteiger partial charge >= 0.3 is 6.09 Å². The van der Waals surface area contributed by atoms with Crippen LogP contribution in [0.3, 0.4) is 0 Å². The topological polar surface area (TPSA) is 49.9 Å². The molecule has 20 heavy (non-hydrogen) atoms. The van der Waals surface area contributed by atoms with Gasteiger partial charge in [-0.05, 0) is 34.1 Å². The van der Waals surface area contributed by atoms with Gasteiger partial charge in [-0.15, -0.1) is 0 Å². The molecule has 2 amide bonds. The maximum atomic E-state index is 12.2. The van der Waals surface area contributed by atoms with Crippen LogP contribution in [0.15, 0.2) is 0 Å². The summed E-state index contributed by atoms with van der Waals surface area (Å²) in [6.45, 7) is 13.3. The third-order valence-corrected chi connectivity index (χ3v) is 3.37. The number of likely N-dealkylation sites (tertiary alicyclic amines) is 1. The van der Waals surface area contributed by atoms with Gasteiger partial charge in [0.2, 0.25) is 5.91 Å². The van der Waals surface area contributed by atoms with Gasteiger partial charge < -0.3 is 14.5 Å². The highest BCUT2D eigenvalue weighted by molar-refractivity contribution is 5.78. The number of nitrogens with zero attached hydrogens (tertiary/aromatic N) is 2. The van der Waals surface area contributed by atoms with E-state index in [1.54, 1.807) is 4.90 Å². The van der Waals surface area contributed by atoms with Crippen LogP contribution in [-0.4, -0.2) is 53.1 Å². The van der Waals surface area contributed by atoms with Crippen molar-refractivity contribution in [1.29, 1.82) is 0 Å². The highest BCUT2D eigenvalue weighted by atomic mass is 16.6. The van der Waals surface area contributed by atoms with Crippen LogP contribution in [0.5, 0.6) is 0 Å². The van der Waals surface area contributed by atoms with E-state index in [0.29, 0.717) is 19.6 Å². The summed E-state index contributed by atoms with van der Waals surface area (Å²) in [5.74, 6) is 0.147. The second-order valence-corrected chi connectivity index (χ2v) is 6.65. The number of hydrogen-bond acceptors (Lipinski definition) is 3. The Hall–Kier alpha value is -1.26. The van der Waals surface area contributed by atoms with Gasteiger partial charge in [-0.2, -0.15) is 0 Å². The lowest BCUT2D eigenvalue weighted by Crippen LogP contribution is -2.44. The summed E-state index contributed by atoms with van der Waals surface area (Å²) < 4.78 is 5.37. The molecule has 0 N–H and O–H groups in total. The smallest absolute Gasteiger partial charge is 0.410 e. The van der Waals surface area contributed by atoms with E-state index in [1.807, 2.05) is 46.4 Å². The Morgan fingerprint density at radius 3 is 2.40 bits per heavy atom. The minimum absolute atomic E-state index is 0.00877. The van der Waals surface area contributed by atoms with Crippen molar-refractivity contribution in [2.45, 2.75) is 59.6 Å². The van der Waals surface area contributed by atoms with Crippen molar-refractivity contribution in [2.24, 2.45) is 5.92 Å². The maximum Gasteiger partial charge on any atom is 0.410 e. The fraction of sp³-hybridized carbons (Fsp3) is 0.867. The zero-order valence-corrected chi connectivity index (χ0v) is 13.6. The van der Waals surface area contributed by atoms with Gasteiger partial charge in [-0.3, -0.25) is 4.79 Å². The van der Waals surface area contributed by atoms with Crippen molar-refractivity contribution in [3.63, 3.8) is 0 Å². The van der Waals surface area contributed by atoms with Crippen LogP contribution in [-0.2, 0) is 9.53 Å². The standard InChI is InChI=1S/C15H28N2O3/c1-7-17(13(18)11(2)3)12-8-9-16(10-12)14(19)20-15(4,5)6/h11-12H,7-10H2,1-6H3. The molecule has 1 rings (SSSR count). The van der Waals surface area contributed by atoms with Gasteiger partial charge in [-0.1, -0.05) is 13.8 Å². The first-order valence-corrected chi connectivity index (χ1v) is 7.44. The van der Waals surface area contributed by atoms with Crippen molar-refractivity contribution >= 4 is 12.0 Å². The highest BCUT2D eigenvalue weighted by Crippen LogP contribution is 2.20. The Labute approximate surface area is 122 Å². The van der Waals surface area contributed by atoms with Crippen LogP contribution < -0.4 is 0 Å². The molecule has 0 aliphatic carbocycles. The SMILES string of the molecule is CCN(C(=O)C(C)C)C1CCN(C(=O)OC(C)(C)C)C1. The summed E-state index contributed by atoms with van der Waals surface area (Å²) in [6, 6.07) is 0.113. The van der Waals surface area contributed by atoms with E-state index >= 15 is 0 Å². The molecule has 0 spiro atoms. The average Bonchev–Trinajstić information content (AvgIpc) is 2.77. The van der Waals surface area contributed by atoms with Crippen molar-refractivity contribution in [3.05, 3.63) is 0 Å². The second-order valence-electron chi connectivity index (χ2n) is 6.65. The number of amides is 2. The van der Waals surface area contributed by atoms with E-state index in [2.05, 4.69) is 0 Å². The molecule has 1 aliphatic heterocycles. The summed E-state index contributed by atoms with van der Waals surface area (Å²) in [6.07, 6.45) is 0.541. The third kappa shape index (κ3) is 4.39. The third-order valence-electron chi connectivity index (χ3n) is 3.37. The number of carbonyl (C=O) groups excluding carboxylic acids is 2. The lowest BCUT2D eigenvalue weighted by Gasteiger charge is -2.30. The summed E-state index contributed by atoms with van der Waals surface area (Å²) >= 11 is 0. The molecule has 0 bridgehead atoms. The molecule has 0 aromatic rings. The van der Waals surface area contributed by atoms with Crippen molar-refractivity contribution in [2.75, 3.05) is 19.6 Å². The first-order chi connectivity index (χ1) is 9.15. The first kappa shape index (κ1) is 16.8. The van der Waals surface area contributed by atoms with Gasteiger partial charge in [0, 0.05) is 25.6 Å². The van der Waals surface area contributed by atoms with E-state index in [4.69, 9.17) is 4.74 Å². The van der Waals surface area contributed by atoms with Crippen LogP contribution in [0, 0.1) is 5.92 Å². The Bertz CT molecular complexity index is 361. The van der Waals surface area contributed by atoms with Crippen molar-refractivity contribution in [1.82, 2.24) is 9.80 Å². The lowest BCUT2D eigenvalue weighted by molar-refractivity contribution is -0.136. The Morgan fingerprint density at radius 2 is 1.95 bits per heavy atom. The molecule has 5 nitrogen and oxygen atoms in total. The molecule has 1 atom stereocenters. The fourth-order valence-electron chi connectivity index (χ4n) is 2.41. The van der Waals surface area contributed by atoms with Gasteiger partial charge in [0.15, 0.2) is 0 Å². The van der Waals surface area contributed by atoms with Crippen LogP contribution >= 0.6 is 0 Å². The number of carbonyl (C=O) groups is 2. The monoisotopic (exact) mass is 284 g/mol. The van der Waals surface area contributed by atoms with Crippen molar-refractivity contribution in [3.8, 4) is 0 Å². The Morgan fingerprint density at radius 1 is 1.35 bits per heavy atom. The summed E-state index contributed by atoms with van der Waals surface area (Å²) in [4.78, 5) is 27.8. The average molecular weight is 284 g/mol. The summed E-state index contributed by atoms with van der Waals surface area (Å²) in [5.41, 5.74) is -0.479. The molecule has 1 aliphatic rings.